The number of amides is 1. The van der Waals surface area contributed by atoms with Crippen LogP contribution in [0.1, 0.15) is 20.3 Å². The Kier molecular flexibility index (Phi) is 6.15. The van der Waals surface area contributed by atoms with Crippen LogP contribution in [0.4, 0.5) is 0 Å². The van der Waals surface area contributed by atoms with Gasteiger partial charge in [0.25, 0.3) is 5.91 Å². The molecule has 1 saturated heterocycles. The molecule has 1 fully saturated rings. The molecule has 1 aliphatic heterocycles. The van der Waals surface area contributed by atoms with Gasteiger partial charge < -0.3 is 10.2 Å². The number of piperazine rings is 1. The van der Waals surface area contributed by atoms with Gasteiger partial charge in [-0.3, -0.25) is 4.79 Å². The molecule has 1 aliphatic rings. The Labute approximate surface area is 138 Å². The van der Waals surface area contributed by atoms with Crippen molar-refractivity contribution in [3.63, 3.8) is 0 Å². The van der Waals surface area contributed by atoms with E-state index in [1.165, 1.54) is 4.31 Å². The lowest BCUT2D eigenvalue weighted by molar-refractivity contribution is -0.917. The van der Waals surface area contributed by atoms with Gasteiger partial charge >= 0.3 is 0 Å². The molecule has 128 valence electrons. The van der Waals surface area contributed by atoms with E-state index in [-0.39, 0.29) is 11.9 Å². The minimum absolute atomic E-state index is 0.0428. The summed E-state index contributed by atoms with van der Waals surface area (Å²) in [6, 6.07) is 8.36. The molecule has 1 atom stereocenters. The van der Waals surface area contributed by atoms with Crippen LogP contribution in [0.2, 0.25) is 0 Å². The molecule has 0 aliphatic carbocycles. The highest BCUT2D eigenvalue weighted by atomic mass is 32.2. The third-order valence-corrected chi connectivity index (χ3v) is 6.21. The fraction of sp³-hybridized carbons (Fsp3) is 0.562. The molecule has 1 aromatic carbocycles. The summed E-state index contributed by atoms with van der Waals surface area (Å²) in [4.78, 5) is 13.5. The van der Waals surface area contributed by atoms with E-state index in [1.54, 1.807) is 30.3 Å². The van der Waals surface area contributed by atoms with Crippen molar-refractivity contribution in [1.29, 1.82) is 0 Å². The summed E-state index contributed by atoms with van der Waals surface area (Å²) in [6.07, 6.45) is 0.914. The van der Waals surface area contributed by atoms with E-state index in [1.807, 2.05) is 13.8 Å². The van der Waals surface area contributed by atoms with Crippen LogP contribution in [0, 0.1) is 0 Å². The van der Waals surface area contributed by atoms with Crippen LogP contribution in [0.15, 0.2) is 35.2 Å². The molecule has 1 amide bonds. The number of nitrogens with zero attached hydrogens (tertiary/aromatic N) is 1. The lowest BCUT2D eigenvalue weighted by Gasteiger charge is -2.34. The fourth-order valence-electron chi connectivity index (χ4n) is 2.78. The van der Waals surface area contributed by atoms with Gasteiger partial charge in [0.05, 0.1) is 31.1 Å². The topological polar surface area (TPSA) is 70.9 Å². The Hall–Kier alpha value is -1.44. The Morgan fingerprint density at radius 2 is 1.87 bits per heavy atom. The first kappa shape index (κ1) is 17.9. The molecule has 7 heteroatoms. The number of sulfonamides is 1. The molecular formula is C16H26N3O3S+. The fourth-order valence-corrected chi connectivity index (χ4v) is 4.24. The Bertz CT molecular complexity index is 611. The number of quaternary nitrogens is 1. The molecule has 1 heterocycles. The van der Waals surface area contributed by atoms with Crippen molar-refractivity contribution in [3.05, 3.63) is 30.3 Å². The molecule has 1 aromatic rings. The van der Waals surface area contributed by atoms with E-state index in [9.17, 15) is 13.2 Å². The number of nitrogens with one attached hydrogen (secondary N) is 2. The number of carbonyl (C=O) groups is 1. The molecule has 0 spiro atoms. The minimum Gasteiger partial charge on any atom is -0.351 e. The molecule has 6 nitrogen and oxygen atoms in total. The van der Waals surface area contributed by atoms with Crippen LogP contribution in [0.3, 0.4) is 0 Å². The first-order chi connectivity index (χ1) is 11.0. The van der Waals surface area contributed by atoms with Crippen LogP contribution in [0.5, 0.6) is 0 Å². The second kappa shape index (κ2) is 7.90. The Morgan fingerprint density at radius 1 is 1.26 bits per heavy atom. The van der Waals surface area contributed by atoms with E-state index in [0.29, 0.717) is 37.6 Å². The summed E-state index contributed by atoms with van der Waals surface area (Å²) in [6.45, 7) is 6.78. The summed E-state index contributed by atoms with van der Waals surface area (Å²) in [5.41, 5.74) is 0. The maximum absolute atomic E-state index is 12.6. The zero-order valence-electron chi connectivity index (χ0n) is 13.8. The Morgan fingerprint density at radius 3 is 2.43 bits per heavy atom. The van der Waals surface area contributed by atoms with Gasteiger partial charge in [0, 0.05) is 6.54 Å². The molecule has 0 aromatic heterocycles. The van der Waals surface area contributed by atoms with Gasteiger partial charge in [-0.1, -0.05) is 25.1 Å². The van der Waals surface area contributed by atoms with Crippen molar-refractivity contribution >= 4 is 15.9 Å². The zero-order chi connectivity index (χ0) is 16.9. The first-order valence-electron chi connectivity index (χ1n) is 8.14. The number of carbonyl (C=O) groups excluding carboxylic acids is 1. The van der Waals surface area contributed by atoms with Crippen molar-refractivity contribution in [1.82, 2.24) is 9.62 Å². The second-order valence-electron chi connectivity index (χ2n) is 5.89. The van der Waals surface area contributed by atoms with Gasteiger partial charge in [0.15, 0.2) is 6.04 Å². The molecule has 0 bridgehead atoms. The van der Waals surface area contributed by atoms with E-state index >= 15 is 0 Å². The summed E-state index contributed by atoms with van der Waals surface area (Å²) in [5.74, 6) is 0.0428. The van der Waals surface area contributed by atoms with Gasteiger partial charge in [-0.2, -0.15) is 4.31 Å². The van der Waals surface area contributed by atoms with Gasteiger partial charge in [-0.05, 0) is 25.5 Å². The van der Waals surface area contributed by atoms with Crippen LogP contribution in [0.25, 0.3) is 0 Å². The molecule has 0 unspecified atom stereocenters. The smallest absolute Gasteiger partial charge is 0.278 e. The molecule has 0 saturated carbocycles. The summed E-state index contributed by atoms with van der Waals surface area (Å²) in [7, 11) is -3.43. The normalized spacial score (nSPS) is 18.5. The number of rotatable bonds is 6. The van der Waals surface area contributed by atoms with Crippen molar-refractivity contribution in [2.45, 2.75) is 31.2 Å². The third-order valence-electron chi connectivity index (χ3n) is 4.30. The summed E-state index contributed by atoms with van der Waals surface area (Å²) < 4.78 is 26.7. The molecule has 2 N–H and O–H groups in total. The second-order valence-corrected chi connectivity index (χ2v) is 7.83. The first-order valence-corrected chi connectivity index (χ1v) is 9.58. The lowest BCUT2D eigenvalue weighted by Crippen LogP contribution is -3.19. The summed E-state index contributed by atoms with van der Waals surface area (Å²) >= 11 is 0. The van der Waals surface area contributed by atoms with E-state index in [0.717, 1.165) is 11.3 Å². The van der Waals surface area contributed by atoms with E-state index < -0.39 is 10.0 Å². The standard InChI is InChI=1S/C16H25N3O3S/c1-3-9-17-16(20)14(2)18-10-12-19(13-11-18)23(21,22)15-7-5-4-6-8-15/h4-8,14H,3,9-13H2,1-2H3,(H,17,20)/p+1/t14-/m0/s1. The van der Waals surface area contributed by atoms with Gasteiger partial charge in [0.2, 0.25) is 10.0 Å². The minimum atomic E-state index is -3.43. The predicted molar refractivity (Wildman–Crippen MR) is 88.7 cm³/mol. The zero-order valence-corrected chi connectivity index (χ0v) is 14.6. The van der Waals surface area contributed by atoms with Crippen molar-refractivity contribution in [3.8, 4) is 0 Å². The highest BCUT2D eigenvalue weighted by molar-refractivity contribution is 7.89. The highest BCUT2D eigenvalue weighted by Crippen LogP contribution is 2.14. The van der Waals surface area contributed by atoms with Gasteiger partial charge in [-0.25, -0.2) is 8.42 Å². The predicted octanol–water partition coefficient (Wildman–Crippen LogP) is -0.509. The molecular weight excluding hydrogens is 314 g/mol. The Balaban J connectivity index is 1.95. The molecule has 2 rings (SSSR count). The molecule has 0 radical (unpaired) electrons. The maximum atomic E-state index is 12.6. The average Bonchev–Trinajstić information content (AvgIpc) is 2.59. The number of hydrogen-bond acceptors (Lipinski definition) is 3. The van der Waals surface area contributed by atoms with Crippen molar-refractivity contribution in [2.75, 3.05) is 32.7 Å². The highest BCUT2D eigenvalue weighted by Gasteiger charge is 2.34. The van der Waals surface area contributed by atoms with Gasteiger partial charge in [-0.15, -0.1) is 0 Å². The number of hydrogen-bond donors (Lipinski definition) is 2. The van der Waals surface area contributed by atoms with E-state index in [4.69, 9.17) is 0 Å². The van der Waals surface area contributed by atoms with E-state index in [2.05, 4.69) is 5.32 Å². The summed E-state index contributed by atoms with van der Waals surface area (Å²) in [5, 5.41) is 2.91. The SMILES string of the molecule is CCCNC(=O)[C@H](C)[NH+]1CCN(S(=O)(=O)c2ccccc2)CC1. The van der Waals surface area contributed by atoms with Gasteiger partial charge in [0.1, 0.15) is 0 Å². The van der Waals surface area contributed by atoms with Crippen LogP contribution < -0.4 is 10.2 Å². The number of benzene rings is 1. The maximum Gasteiger partial charge on any atom is 0.278 e. The molecule has 23 heavy (non-hydrogen) atoms. The van der Waals surface area contributed by atoms with Crippen molar-refractivity contribution < 1.29 is 18.1 Å². The quantitative estimate of drug-likeness (QED) is 0.733. The van der Waals surface area contributed by atoms with Crippen LogP contribution in [-0.4, -0.2) is 57.4 Å². The monoisotopic (exact) mass is 340 g/mol. The largest absolute Gasteiger partial charge is 0.351 e. The van der Waals surface area contributed by atoms with Crippen LogP contribution >= 0.6 is 0 Å². The lowest BCUT2D eigenvalue weighted by atomic mass is 10.2. The average molecular weight is 340 g/mol. The third kappa shape index (κ3) is 4.31. The van der Waals surface area contributed by atoms with Crippen LogP contribution in [-0.2, 0) is 14.8 Å². The van der Waals surface area contributed by atoms with Crippen molar-refractivity contribution in [2.24, 2.45) is 0 Å².